The summed E-state index contributed by atoms with van der Waals surface area (Å²) in [6.07, 6.45) is 0. The Hall–Kier alpha value is -1.63. The lowest BCUT2D eigenvalue weighted by Crippen LogP contribution is -2.41. The van der Waals surface area contributed by atoms with E-state index in [2.05, 4.69) is 21.2 Å². The van der Waals surface area contributed by atoms with Gasteiger partial charge in [-0.1, -0.05) is 29.8 Å². The van der Waals surface area contributed by atoms with E-state index in [4.69, 9.17) is 5.11 Å². The van der Waals surface area contributed by atoms with E-state index >= 15 is 0 Å². The molecule has 0 saturated carbocycles. The smallest absolute Gasteiger partial charge is 0.323 e. The molecule has 0 bridgehead atoms. The van der Waals surface area contributed by atoms with Gasteiger partial charge in [-0.25, -0.2) is 9.18 Å². The van der Waals surface area contributed by atoms with Crippen LogP contribution in [-0.4, -0.2) is 35.1 Å². The van der Waals surface area contributed by atoms with Crippen molar-refractivity contribution in [2.45, 2.75) is 13.8 Å². The summed E-state index contributed by atoms with van der Waals surface area (Å²) in [5, 5.41) is 11.2. The molecule has 0 aliphatic carbocycles. The monoisotopic (exact) mass is 346 g/mol. The van der Waals surface area contributed by atoms with Crippen molar-refractivity contribution in [3.63, 3.8) is 0 Å². The maximum Gasteiger partial charge on any atom is 0.323 e. The van der Waals surface area contributed by atoms with Gasteiger partial charge >= 0.3 is 12.0 Å². The molecule has 0 aromatic heterocycles. The summed E-state index contributed by atoms with van der Waals surface area (Å²) in [7, 11) is 0. The van der Waals surface area contributed by atoms with Crippen molar-refractivity contribution in [2.75, 3.05) is 18.4 Å². The number of nitrogens with zero attached hydrogens (tertiary/aromatic N) is 1. The predicted molar refractivity (Wildman–Crippen MR) is 77.2 cm³/mol. The molecule has 2 amide bonds. The van der Waals surface area contributed by atoms with Crippen molar-refractivity contribution in [1.29, 1.82) is 0 Å². The third kappa shape index (κ3) is 5.16. The average molecular weight is 347 g/mol. The molecule has 1 aromatic carbocycles. The molecule has 110 valence electrons. The van der Waals surface area contributed by atoms with Crippen LogP contribution in [0.5, 0.6) is 0 Å². The van der Waals surface area contributed by atoms with E-state index in [0.29, 0.717) is 4.47 Å². The van der Waals surface area contributed by atoms with Gasteiger partial charge in [-0.15, -0.1) is 0 Å². The summed E-state index contributed by atoms with van der Waals surface area (Å²) in [5.74, 6) is -1.60. The molecular weight excluding hydrogens is 331 g/mol. The van der Waals surface area contributed by atoms with E-state index in [1.165, 1.54) is 12.1 Å². The molecule has 0 aliphatic rings. The molecule has 5 nitrogen and oxygen atoms in total. The van der Waals surface area contributed by atoms with Crippen LogP contribution in [0.1, 0.15) is 13.8 Å². The number of urea groups is 1. The first-order chi connectivity index (χ1) is 9.29. The Morgan fingerprint density at radius 1 is 1.45 bits per heavy atom. The second-order valence-corrected chi connectivity index (χ2v) is 5.64. The molecule has 7 heteroatoms. The normalized spacial score (nSPS) is 10.4. The summed E-state index contributed by atoms with van der Waals surface area (Å²) >= 11 is 3.12. The van der Waals surface area contributed by atoms with Crippen LogP contribution in [-0.2, 0) is 4.79 Å². The fourth-order valence-electron chi connectivity index (χ4n) is 1.61. The fraction of sp³-hybridized carbons (Fsp3) is 0.385. The van der Waals surface area contributed by atoms with Gasteiger partial charge in [-0.3, -0.25) is 4.79 Å². The molecule has 0 radical (unpaired) electrons. The number of hydrogen-bond acceptors (Lipinski definition) is 2. The van der Waals surface area contributed by atoms with Gasteiger partial charge in [-0.05, 0) is 24.1 Å². The minimum absolute atomic E-state index is 0.0114. The van der Waals surface area contributed by atoms with Gasteiger partial charge in [0, 0.05) is 11.0 Å². The van der Waals surface area contributed by atoms with Gasteiger partial charge in [0.05, 0.1) is 5.69 Å². The molecule has 1 aromatic rings. The summed E-state index contributed by atoms with van der Waals surface area (Å²) in [5.41, 5.74) is 0.0114. The van der Waals surface area contributed by atoms with E-state index in [-0.39, 0.29) is 18.2 Å². The molecule has 0 atom stereocenters. The van der Waals surface area contributed by atoms with Crippen LogP contribution in [0.25, 0.3) is 0 Å². The number of halogens is 2. The lowest BCUT2D eigenvalue weighted by Gasteiger charge is -2.23. The summed E-state index contributed by atoms with van der Waals surface area (Å²) in [4.78, 5) is 23.9. The molecule has 1 rings (SSSR count). The van der Waals surface area contributed by atoms with Crippen LogP contribution in [0.3, 0.4) is 0 Å². The number of amides is 2. The minimum atomic E-state index is -1.11. The standard InChI is InChI=1S/C13H16BrFN2O3/c1-8(2)6-17(7-12(18)19)13(20)16-11-4-3-9(14)5-10(11)15/h3-5,8H,6-7H2,1-2H3,(H,16,20)(H,18,19). The first kappa shape index (κ1) is 16.4. The molecular formula is C13H16BrFN2O3. The highest BCUT2D eigenvalue weighted by Crippen LogP contribution is 2.19. The summed E-state index contributed by atoms with van der Waals surface area (Å²) in [6, 6.07) is 3.58. The maximum atomic E-state index is 13.6. The third-order valence-electron chi connectivity index (χ3n) is 2.37. The number of anilines is 1. The second kappa shape index (κ2) is 7.23. The number of nitrogens with one attached hydrogen (secondary N) is 1. The first-order valence-corrected chi connectivity index (χ1v) is 6.81. The van der Waals surface area contributed by atoms with E-state index in [0.717, 1.165) is 4.90 Å². The quantitative estimate of drug-likeness (QED) is 0.860. The third-order valence-corrected chi connectivity index (χ3v) is 2.86. The van der Waals surface area contributed by atoms with Crippen LogP contribution < -0.4 is 5.32 Å². The number of benzene rings is 1. The molecule has 0 heterocycles. The number of carbonyl (C=O) groups excluding carboxylic acids is 1. The lowest BCUT2D eigenvalue weighted by atomic mass is 10.2. The van der Waals surface area contributed by atoms with Crippen molar-refractivity contribution < 1.29 is 19.1 Å². The second-order valence-electron chi connectivity index (χ2n) is 4.72. The lowest BCUT2D eigenvalue weighted by molar-refractivity contribution is -0.137. The van der Waals surface area contributed by atoms with Crippen LogP contribution in [0, 0.1) is 11.7 Å². The van der Waals surface area contributed by atoms with Gasteiger partial charge in [0.1, 0.15) is 12.4 Å². The predicted octanol–water partition coefficient (Wildman–Crippen LogP) is 3.16. The highest BCUT2D eigenvalue weighted by molar-refractivity contribution is 9.10. The molecule has 2 N–H and O–H groups in total. The van der Waals surface area contributed by atoms with Crippen molar-refractivity contribution in [3.05, 3.63) is 28.5 Å². The molecule has 0 aliphatic heterocycles. The molecule has 20 heavy (non-hydrogen) atoms. The van der Waals surface area contributed by atoms with E-state index in [9.17, 15) is 14.0 Å². The van der Waals surface area contributed by atoms with Crippen LogP contribution in [0.4, 0.5) is 14.9 Å². The van der Waals surface area contributed by atoms with E-state index in [1.54, 1.807) is 6.07 Å². The Morgan fingerprint density at radius 3 is 2.60 bits per heavy atom. The zero-order chi connectivity index (χ0) is 15.3. The van der Waals surface area contributed by atoms with Gasteiger partial charge in [0.25, 0.3) is 0 Å². The van der Waals surface area contributed by atoms with Crippen LogP contribution in [0.15, 0.2) is 22.7 Å². The molecule has 0 fully saturated rings. The number of carboxylic acid groups (broad SMARTS) is 1. The fourth-order valence-corrected chi connectivity index (χ4v) is 1.94. The summed E-state index contributed by atoms with van der Waals surface area (Å²) < 4.78 is 14.2. The van der Waals surface area contributed by atoms with Crippen LogP contribution >= 0.6 is 15.9 Å². The number of aliphatic carboxylic acids is 1. The zero-order valence-electron chi connectivity index (χ0n) is 11.2. The molecule has 0 spiro atoms. The van der Waals surface area contributed by atoms with E-state index < -0.39 is 24.4 Å². The zero-order valence-corrected chi connectivity index (χ0v) is 12.8. The Morgan fingerprint density at radius 2 is 2.10 bits per heavy atom. The van der Waals surface area contributed by atoms with Crippen LogP contribution in [0.2, 0.25) is 0 Å². The molecule has 0 unspecified atom stereocenters. The van der Waals surface area contributed by atoms with Crippen molar-refractivity contribution in [1.82, 2.24) is 4.90 Å². The van der Waals surface area contributed by atoms with Crippen molar-refractivity contribution >= 4 is 33.6 Å². The highest BCUT2D eigenvalue weighted by atomic mass is 79.9. The van der Waals surface area contributed by atoms with Crippen molar-refractivity contribution in [2.24, 2.45) is 5.92 Å². The average Bonchev–Trinajstić information content (AvgIpc) is 2.30. The maximum absolute atomic E-state index is 13.6. The minimum Gasteiger partial charge on any atom is -0.480 e. The SMILES string of the molecule is CC(C)CN(CC(=O)O)C(=O)Nc1ccc(Br)cc1F. The number of carboxylic acids is 1. The van der Waals surface area contributed by atoms with Gasteiger partial charge in [0.2, 0.25) is 0 Å². The van der Waals surface area contributed by atoms with Gasteiger partial charge in [0.15, 0.2) is 0 Å². The van der Waals surface area contributed by atoms with Gasteiger partial charge < -0.3 is 15.3 Å². The number of rotatable bonds is 5. The highest BCUT2D eigenvalue weighted by Gasteiger charge is 2.19. The Kier molecular flexibility index (Phi) is 5.94. The Balaban J connectivity index is 2.81. The number of hydrogen-bond donors (Lipinski definition) is 2. The Bertz CT molecular complexity index is 508. The van der Waals surface area contributed by atoms with Crippen molar-refractivity contribution in [3.8, 4) is 0 Å². The molecule has 0 saturated heterocycles. The Labute approximate surface area is 124 Å². The van der Waals surface area contributed by atoms with E-state index in [1.807, 2.05) is 13.8 Å². The number of carbonyl (C=O) groups is 2. The summed E-state index contributed by atoms with van der Waals surface area (Å²) in [6.45, 7) is 3.57. The topological polar surface area (TPSA) is 69.6 Å². The largest absolute Gasteiger partial charge is 0.480 e. The first-order valence-electron chi connectivity index (χ1n) is 6.02. The van der Waals surface area contributed by atoms with Gasteiger partial charge in [-0.2, -0.15) is 0 Å².